The number of amides is 1. The highest BCUT2D eigenvalue weighted by Gasteiger charge is 2.47. The fraction of sp³-hybridized carbons (Fsp3) is 0.304. The third-order valence-electron chi connectivity index (χ3n) is 5.64. The molecular formula is C23H22ClF3N4O. The van der Waals surface area contributed by atoms with E-state index < -0.39 is 24.2 Å². The van der Waals surface area contributed by atoms with Crippen molar-refractivity contribution in [2.75, 3.05) is 5.32 Å². The number of fused-ring (bicyclic) bond motifs is 1. The molecule has 0 bridgehead atoms. The smallest absolute Gasteiger partial charge is 0.362 e. The summed E-state index contributed by atoms with van der Waals surface area (Å²) in [6.07, 6.45) is -4.82. The van der Waals surface area contributed by atoms with Crippen molar-refractivity contribution in [3.63, 3.8) is 0 Å². The lowest BCUT2D eigenvalue weighted by molar-refractivity contribution is -0.173. The number of aromatic nitrogens is 2. The lowest BCUT2D eigenvalue weighted by atomic mass is 9.96. The van der Waals surface area contributed by atoms with Crippen LogP contribution in [0.2, 0.25) is 5.02 Å². The van der Waals surface area contributed by atoms with Gasteiger partial charge in [0.15, 0.2) is 11.7 Å². The Labute approximate surface area is 188 Å². The molecule has 168 valence electrons. The second-order valence-electron chi connectivity index (χ2n) is 7.96. The molecule has 0 saturated carbocycles. The topological polar surface area (TPSA) is 59.0 Å². The maximum absolute atomic E-state index is 13.9. The molecule has 2 aromatic carbocycles. The fourth-order valence-electron chi connectivity index (χ4n) is 3.84. The Bertz CT molecular complexity index is 1110. The summed E-state index contributed by atoms with van der Waals surface area (Å²) < 4.78 is 42.5. The van der Waals surface area contributed by atoms with E-state index in [4.69, 9.17) is 11.6 Å². The van der Waals surface area contributed by atoms with Gasteiger partial charge in [-0.15, -0.1) is 0 Å². The second kappa shape index (κ2) is 8.50. The summed E-state index contributed by atoms with van der Waals surface area (Å²) in [7, 11) is 0. The summed E-state index contributed by atoms with van der Waals surface area (Å²) in [5.74, 6) is -0.647. The van der Waals surface area contributed by atoms with Crippen LogP contribution in [-0.4, -0.2) is 21.9 Å². The molecule has 0 unspecified atom stereocenters. The molecule has 2 N–H and O–H groups in total. The summed E-state index contributed by atoms with van der Waals surface area (Å²) in [6.45, 7) is 3.69. The minimum atomic E-state index is -4.56. The summed E-state index contributed by atoms with van der Waals surface area (Å²) in [5.41, 5.74) is 2.32. The van der Waals surface area contributed by atoms with Crippen molar-refractivity contribution in [1.29, 1.82) is 0 Å². The van der Waals surface area contributed by atoms with Crippen LogP contribution >= 0.6 is 11.6 Å². The zero-order valence-corrected chi connectivity index (χ0v) is 18.2. The van der Waals surface area contributed by atoms with Crippen LogP contribution in [0, 0.1) is 6.92 Å². The number of nitrogens with one attached hydrogen (secondary N) is 2. The van der Waals surface area contributed by atoms with Gasteiger partial charge in [0.1, 0.15) is 10.8 Å². The average Bonchev–Trinajstić information content (AvgIpc) is 3.10. The molecule has 3 aromatic rings. The molecule has 2 heterocycles. The summed E-state index contributed by atoms with van der Waals surface area (Å²) in [5, 5.41) is 9.66. The van der Waals surface area contributed by atoms with Crippen LogP contribution in [0.5, 0.6) is 0 Å². The average molecular weight is 463 g/mol. The molecule has 0 aliphatic carbocycles. The molecule has 9 heteroatoms. The van der Waals surface area contributed by atoms with Crippen molar-refractivity contribution in [1.82, 2.24) is 15.1 Å². The number of aryl methyl sites for hydroxylation is 1. The number of nitrogens with zero attached hydrogens (tertiary/aromatic N) is 2. The van der Waals surface area contributed by atoms with E-state index in [0.29, 0.717) is 5.56 Å². The van der Waals surface area contributed by atoms with E-state index in [9.17, 15) is 18.0 Å². The number of halogens is 4. The minimum absolute atomic E-state index is 0.0108. The Balaban J connectivity index is 1.66. The number of anilines is 1. The van der Waals surface area contributed by atoms with Gasteiger partial charge < -0.3 is 10.6 Å². The number of hydrogen-bond donors (Lipinski definition) is 2. The molecule has 1 aliphatic heterocycles. The number of hydrogen-bond acceptors (Lipinski definition) is 3. The normalized spacial score (nSPS) is 19.1. The Kier molecular flexibility index (Phi) is 5.90. The highest BCUT2D eigenvalue weighted by molar-refractivity contribution is 6.36. The Morgan fingerprint density at radius 1 is 1.19 bits per heavy atom. The molecule has 1 amide bonds. The van der Waals surface area contributed by atoms with Crippen LogP contribution in [0.4, 0.5) is 19.0 Å². The fourth-order valence-corrected chi connectivity index (χ4v) is 4.11. The highest BCUT2D eigenvalue weighted by atomic mass is 35.5. The third-order valence-corrected chi connectivity index (χ3v) is 6.00. The molecule has 0 saturated heterocycles. The van der Waals surface area contributed by atoms with Crippen LogP contribution in [-0.2, 0) is 0 Å². The predicted octanol–water partition coefficient (Wildman–Crippen LogP) is 6.00. The minimum Gasteiger partial charge on any atom is -0.362 e. The first kappa shape index (κ1) is 22.2. The zero-order valence-electron chi connectivity index (χ0n) is 17.4. The highest BCUT2D eigenvalue weighted by Crippen LogP contribution is 2.46. The SMILES string of the molecule is Cc1ccc([C@H]2C[C@@H](C(F)(F)F)n3nc(C(=O)N[C@H](C)c4ccccc4)c(Cl)c3N2)cc1. The van der Waals surface area contributed by atoms with Crippen LogP contribution in [0.3, 0.4) is 0 Å². The number of alkyl halides is 3. The van der Waals surface area contributed by atoms with E-state index in [0.717, 1.165) is 15.8 Å². The van der Waals surface area contributed by atoms with Gasteiger partial charge in [-0.2, -0.15) is 18.3 Å². The lowest BCUT2D eigenvalue weighted by Gasteiger charge is -2.33. The molecule has 1 aliphatic rings. The summed E-state index contributed by atoms with van der Waals surface area (Å²) in [4.78, 5) is 12.8. The van der Waals surface area contributed by atoms with Crippen molar-refractivity contribution in [3.8, 4) is 0 Å². The maximum Gasteiger partial charge on any atom is 0.410 e. The molecule has 32 heavy (non-hydrogen) atoms. The molecule has 5 nitrogen and oxygen atoms in total. The lowest BCUT2D eigenvalue weighted by Crippen LogP contribution is -2.36. The van der Waals surface area contributed by atoms with Gasteiger partial charge in [-0.05, 0) is 25.0 Å². The van der Waals surface area contributed by atoms with E-state index >= 15 is 0 Å². The Hall–Kier alpha value is -3.00. The van der Waals surface area contributed by atoms with Gasteiger partial charge in [0.25, 0.3) is 5.91 Å². The zero-order chi connectivity index (χ0) is 23.0. The van der Waals surface area contributed by atoms with Gasteiger partial charge in [0.2, 0.25) is 0 Å². The van der Waals surface area contributed by atoms with Crippen molar-refractivity contribution >= 4 is 23.3 Å². The van der Waals surface area contributed by atoms with Crippen LogP contribution < -0.4 is 10.6 Å². The van der Waals surface area contributed by atoms with Crippen LogP contribution in [0.15, 0.2) is 54.6 Å². The number of rotatable bonds is 4. The number of carbonyl (C=O) groups excluding carboxylic acids is 1. The number of benzene rings is 2. The van der Waals surface area contributed by atoms with Gasteiger partial charge in [-0.25, -0.2) is 4.68 Å². The van der Waals surface area contributed by atoms with E-state index in [2.05, 4.69) is 15.7 Å². The quantitative estimate of drug-likeness (QED) is 0.500. The molecule has 1 aromatic heterocycles. The van der Waals surface area contributed by atoms with Crippen molar-refractivity contribution in [3.05, 3.63) is 82.0 Å². The Morgan fingerprint density at radius 2 is 1.84 bits per heavy atom. The van der Waals surface area contributed by atoms with E-state index in [-0.39, 0.29) is 29.0 Å². The third kappa shape index (κ3) is 4.32. The molecule has 0 spiro atoms. The van der Waals surface area contributed by atoms with Crippen LogP contribution in [0.25, 0.3) is 0 Å². The van der Waals surface area contributed by atoms with E-state index in [1.807, 2.05) is 49.4 Å². The van der Waals surface area contributed by atoms with Crippen LogP contribution in [0.1, 0.15) is 58.6 Å². The predicted molar refractivity (Wildman–Crippen MR) is 117 cm³/mol. The van der Waals surface area contributed by atoms with Gasteiger partial charge in [-0.3, -0.25) is 4.79 Å². The van der Waals surface area contributed by atoms with E-state index in [1.165, 1.54) is 0 Å². The Morgan fingerprint density at radius 3 is 2.47 bits per heavy atom. The monoisotopic (exact) mass is 462 g/mol. The largest absolute Gasteiger partial charge is 0.410 e. The molecule has 0 fully saturated rings. The summed E-state index contributed by atoms with van der Waals surface area (Å²) >= 11 is 6.39. The van der Waals surface area contributed by atoms with Gasteiger partial charge >= 0.3 is 6.18 Å². The van der Waals surface area contributed by atoms with Crippen molar-refractivity contribution in [2.45, 2.75) is 44.6 Å². The maximum atomic E-state index is 13.9. The summed E-state index contributed by atoms with van der Waals surface area (Å²) in [6, 6.07) is 13.6. The second-order valence-corrected chi connectivity index (χ2v) is 8.34. The van der Waals surface area contributed by atoms with Gasteiger partial charge in [0, 0.05) is 6.42 Å². The van der Waals surface area contributed by atoms with Crippen molar-refractivity contribution in [2.24, 2.45) is 0 Å². The van der Waals surface area contributed by atoms with Gasteiger partial charge in [0.05, 0.1) is 12.1 Å². The van der Waals surface area contributed by atoms with Gasteiger partial charge in [-0.1, -0.05) is 71.8 Å². The molecule has 3 atom stereocenters. The first-order chi connectivity index (χ1) is 15.1. The molecule has 4 rings (SSSR count). The van der Waals surface area contributed by atoms with Crippen molar-refractivity contribution < 1.29 is 18.0 Å². The molecule has 0 radical (unpaired) electrons. The van der Waals surface area contributed by atoms with E-state index in [1.54, 1.807) is 19.1 Å². The standard InChI is InChI=1S/C23H22ClF3N4O/c1-13-8-10-16(11-9-13)17-12-18(23(25,26)27)31-21(29-17)19(24)20(30-31)22(32)28-14(2)15-6-4-3-5-7-15/h3-11,14,17-18,29H,12H2,1-2H3,(H,28,32)/t14-,17-,18+/m1/s1. The number of carbonyl (C=O) groups is 1. The molecular weight excluding hydrogens is 441 g/mol. The first-order valence-electron chi connectivity index (χ1n) is 10.2. The first-order valence-corrected chi connectivity index (χ1v) is 10.6.